The van der Waals surface area contributed by atoms with Gasteiger partial charge in [0.1, 0.15) is 11.6 Å². The number of halogens is 1. The highest BCUT2D eigenvalue weighted by Gasteiger charge is 2.15. The van der Waals surface area contributed by atoms with E-state index < -0.39 is 0 Å². The summed E-state index contributed by atoms with van der Waals surface area (Å²) >= 11 is 7.43. The summed E-state index contributed by atoms with van der Waals surface area (Å²) < 4.78 is 7.32. The van der Waals surface area contributed by atoms with E-state index in [-0.39, 0.29) is 5.91 Å². The van der Waals surface area contributed by atoms with Gasteiger partial charge in [-0.15, -0.1) is 11.3 Å². The van der Waals surface area contributed by atoms with E-state index >= 15 is 0 Å². The number of aryl methyl sites for hydroxylation is 1. The molecule has 0 unspecified atom stereocenters. The second-order valence-electron chi connectivity index (χ2n) is 7.29. The van der Waals surface area contributed by atoms with Gasteiger partial charge in [-0.2, -0.15) is 9.78 Å². The summed E-state index contributed by atoms with van der Waals surface area (Å²) in [5, 5.41) is 10.8. The third kappa shape index (κ3) is 5.18. The molecule has 4 rings (SSSR count). The molecule has 2 aromatic carbocycles. The monoisotopic (exact) mass is 466 g/mol. The van der Waals surface area contributed by atoms with E-state index in [2.05, 4.69) is 22.3 Å². The zero-order valence-electron chi connectivity index (χ0n) is 17.8. The Hall–Kier alpha value is -3.16. The average molecular weight is 467 g/mol. The number of ether oxygens (including phenoxy) is 1. The number of hydrogen-bond acceptors (Lipinski definition) is 5. The van der Waals surface area contributed by atoms with Crippen LogP contribution in [0.15, 0.2) is 60.0 Å². The maximum Gasteiger partial charge on any atom is 0.256 e. The van der Waals surface area contributed by atoms with E-state index in [0.29, 0.717) is 28.1 Å². The summed E-state index contributed by atoms with van der Waals surface area (Å²) in [4.78, 5) is 17.5. The lowest BCUT2D eigenvalue weighted by Crippen LogP contribution is -2.15. The van der Waals surface area contributed by atoms with Gasteiger partial charge in [0, 0.05) is 27.6 Å². The highest BCUT2D eigenvalue weighted by atomic mass is 35.5. The van der Waals surface area contributed by atoms with Crippen molar-refractivity contribution in [2.75, 3.05) is 11.9 Å². The van der Waals surface area contributed by atoms with Crippen LogP contribution >= 0.6 is 22.9 Å². The van der Waals surface area contributed by atoms with Gasteiger partial charge in [-0.05, 0) is 49.7 Å². The molecular formula is C24H23ClN4O2S. The maximum atomic E-state index is 12.8. The van der Waals surface area contributed by atoms with Gasteiger partial charge in [-0.1, -0.05) is 37.1 Å². The van der Waals surface area contributed by atoms with E-state index in [4.69, 9.17) is 16.3 Å². The number of nitrogens with one attached hydrogen (secondary N) is 1. The Balaban J connectivity index is 1.50. The first kappa shape index (κ1) is 22.0. The van der Waals surface area contributed by atoms with E-state index in [1.807, 2.05) is 54.8 Å². The van der Waals surface area contributed by atoms with Gasteiger partial charge in [0.2, 0.25) is 5.13 Å². The van der Waals surface area contributed by atoms with Crippen molar-refractivity contribution in [2.45, 2.75) is 26.7 Å². The van der Waals surface area contributed by atoms with Crippen molar-refractivity contribution in [3.8, 4) is 22.1 Å². The Kier molecular flexibility index (Phi) is 6.87. The third-order valence-electron chi connectivity index (χ3n) is 4.77. The second-order valence-corrected chi connectivity index (χ2v) is 8.56. The molecule has 2 heterocycles. The fraction of sp³-hybridized carbons (Fsp3) is 0.208. The number of carbonyl (C=O) groups is 1. The summed E-state index contributed by atoms with van der Waals surface area (Å²) in [6.45, 7) is 4.67. The van der Waals surface area contributed by atoms with Crippen LogP contribution in [-0.2, 0) is 0 Å². The van der Waals surface area contributed by atoms with E-state index in [0.717, 1.165) is 35.5 Å². The minimum Gasteiger partial charge on any atom is -0.494 e. The zero-order valence-corrected chi connectivity index (χ0v) is 19.4. The van der Waals surface area contributed by atoms with Crippen molar-refractivity contribution < 1.29 is 9.53 Å². The number of anilines is 1. The van der Waals surface area contributed by atoms with Crippen LogP contribution in [-0.4, -0.2) is 27.3 Å². The fourth-order valence-electron chi connectivity index (χ4n) is 3.07. The number of thiazole rings is 1. The van der Waals surface area contributed by atoms with Gasteiger partial charge < -0.3 is 10.1 Å². The molecule has 2 aromatic heterocycles. The number of carbonyl (C=O) groups excluding carboxylic acids is 1. The van der Waals surface area contributed by atoms with Crippen LogP contribution in [0.2, 0.25) is 5.02 Å². The van der Waals surface area contributed by atoms with Crippen LogP contribution in [0.1, 0.15) is 35.8 Å². The molecule has 0 spiro atoms. The lowest BCUT2D eigenvalue weighted by atomic mass is 10.2. The van der Waals surface area contributed by atoms with Crippen LogP contribution < -0.4 is 10.1 Å². The number of unbranched alkanes of at least 4 members (excludes halogenated alkanes) is 1. The second kappa shape index (κ2) is 9.97. The number of benzene rings is 2. The molecular weight excluding hydrogens is 444 g/mol. The van der Waals surface area contributed by atoms with E-state index in [1.165, 1.54) is 11.3 Å². The minimum absolute atomic E-state index is 0.222. The number of hydrogen-bond donors (Lipinski definition) is 1. The van der Waals surface area contributed by atoms with Crippen molar-refractivity contribution in [2.24, 2.45) is 0 Å². The molecule has 8 heteroatoms. The van der Waals surface area contributed by atoms with Crippen molar-refractivity contribution in [3.05, 3.63) is 76.3 Å². The quantitative estimate of drug-likeness (QED) is 0.305. The molecule has 0 saturated heterocycles. The zero-order chi connectivity index (χ0) is 22.5. The molecule has 0 aliphatic carbocycles. The van der Waals surface area contributed by atoms with Crippen molar-refractivity contribution >= 4 is 34.7 Å². The average Bonchev–Trinajstić information content (AvgIpc) is 3.41. The van der Waals surface area contributed by atoms with Crippen LogP contribution in [0.25, 0.3) is 16.4 Å². The molecule has 0 aliphatic heterocycles. The predicted molar refractivity (Wildman–Crippen MR) is 129 cm³/mol. The van der Waals surface area contributed by atoms with Crippen LogP contribution in [0.4, 0.5) is 5.82 Å². The summed E-state index contributed by atoms with van der Waals surface area (Å²) in [6.07, 6.45) is 2.08. The predicted octanol–water partition coefficient (Wildman–Crippen LogP) is 6.39. The van der Waals surface area contributed by atoms with Gasteiger partial charge in [0.15, 0.2) is 0 Å². The van der Waals surface area contributed by atoms with Gasteiger partial charge in [0.05, 0.1) is 18.0 Å². The van der Waals surface area contributed by atoms with Gasteiger partial charge in [0.25, 0.3) is 5.91 Å². The summed E-state index contributed by atoms with van der Waals surface area (Å²) in [5.74, 6) is 1.10. The first-order valence-corrected chi connectivity index (χ1v) is 11.6. The first-order chi connectivity index (χ1) is 15.5. The fourth-order valence-corrected chi connectivity index (χ4v) is 4.00. The summed E-state index contributed by atoms with van der Waals surface area (Å²) in [5.41, 5.74) is 3.11. The Labute approximate surface area is 195 Å². The molecule has 1 amide bonds. The molecule has 164 valence electrons. The molecule has 6 nitrogen and oxygen atoms in total. The molecule has 0 fully saturated rings. The van der Waals surface area contributed by atoms with Crippen molar-refractivity contribution in [3.63, 3.8) is 0 Å². The highest BCUT2D eigenvalue weighted by Crippen LogP contribution is 2.27. The SMILES string of the molecule is CCCCOc1ccc(C(=O)Nc2cc(C)nn2-c2nc(-c3ccc(Cl)cc3)cs2)cc1. The largest absolute Gasteiger partial charge is 0.494 e. The molecule has 1 N–H and O–H groups in total. The molecule has 0 saturated carbocycles. The Morgan fingerprint density at radius 2 is 1.91 bits per heavy atom. The highest BCUT2D eigenvalue weighted by molar-refractivity contribution is 7.12. The number of nitrogens with zero attached hydrogens (tertiary/aromatic N) is 3. The van der Waals surface area contributed by atoms with Gasteiger partial charge in [-0.25, -0.2) is 4.98 Å². The minimum atomic E-state index is -0.222. The Morgan fingerprint density at radius 3 is 2.62 bits per heavy atom. The molecule has 4 aromatic rings. The van der Waals surface area contributed by atoms with Crippen LogP contribution in [0, 0.1) is 6.92 Å². The van der Waals surface area contributed by atoms with Gasteiger partial charge in [-0.3, -0.25) is 4.79 Å². The lowest BCUT2D eigenvalue weighted by molar-refractivity contribution is 0.102. The van der Waals surface area contributed by atoms with Crippen molar-refractivity contribution in [1.29, 1.82) is 0 Å². The molecule has 0 bridgehead atoms. The molecule has 32 heavy (non-hydrogen) atoms. The molecule has 0 radical (unpaired) electrons. The van der Waals surface area contributed by atoms with Crippen molar-refractivity contribution in [1.82, 2.24) is 14.8 Å². The van der Waals surface area contributed by atoms with Crippen LogP contribution in [0.3, 0.4) is 0 Å². The number of rotatable bonds is 8. The Morgan fingerprint density at radius 1 is 1.16 bits per heavy atom. The van der Waals surface area contributed by atoms with Crippen LogP contribution in [0.5, 0.6) is 5.75 Å². The standard InChI is InChI=1S/C24H23ClN4O2S/c1-3-4-13-31-20-11-7-18(8-12-20)23(30)27-22-14-16(2)28-29(22)24-26-21(15-32-24)17-5-9-19(25)10-6-17/h5-12,14-15H,3-4,13H2,1-2H3,(H,27,30). The summed E-state index contributed by atoms with van der Waals surface area (Å²) in [6, 6.07) is 16.5. The number of aromatic nitrogens is 3. The Bertz CT molecular complexity index is 1200. The van der Waals surface area contributed by atoms with E-state index in [1.54, 1.807) is 16.8 Å². The number of amides is 1. The normalized spacial score (nSPS) is 10.8. The topological polar surface area (TPSA) is 69.0 Å². The maximum absolute atomic E-state index is 12.8. The lowest BCUT2D eigenvalue weighted by Gasteiger charge is -2.08. The third-order valence-corrected chi connectivity index (χ3v) is 5.84. The molecule has 0 aliphatic rings. The first-order valence-electron chi connectivity index (χ1n) is 10.4. The van der Waals surface area contributed by atoms with E-state index in [9.17, 15) is 4.79 Å². The van der Waals surface area contributed by atoms with Gasteiger partial charge >= 0.3 is 0 Å². The smallest absolute Gasteiger partial charge is 0.256 e. The summed E-state index contributed by atoms with van der Waals surface area (Å²) in [7, 11) is 0. The molecule has 0 atom stereocenters.